The summed E-state index contributed by atoms with van der Waals surface area (Å²) >= 11 is 0. The lowest BCUT2D eigenvalue weighted by Gasteiger charge is -2.38. The Labute approximate surface area is 144 Å². The first kappa shape index (κ1) is 17.4. The highest BCUT2D eigenvalue weighted by molar-refractivity contribution is 5.94. The number of fused-ring (bicyclic) bond motifs is 1. The van der Waals surface area contributed by atoms with E-state index < -0.39 is 0 Å². The molecular weight excluding hydrogens is 304 g/mol. The lowest BCUT2D eigenvalue weighted by atomic mass is 9.98. The molecule has 2 aliphatic heterocycles. The molecule has 0 bridgehead atoms. The Bertz CT molecular complexity index is 590. The van der Waals surface area contributed by atoms with Crippen molar-refractivity contribution in [2.24, 2.45) is 0 Å². The molecule has 3 rings (SSSR count). The van der Waals surface area contributed by atoms with Crippen LogP contribution in [0.4, 0.5) is 0 Å². The summed E-state index contributed by atoms with van der Waals surface area (Å²) in [6, 6.07) is 1.11. The third kappa shape index (κ3) is 3.22. The van der Waals surface area contributed by atoms with E-state index >= 15 is 0 Å². The lowest BCUT2D eigenvalue weighted by molar-refractivity contribution is -0.00704. The van der Waals surface area contributed by atoms with Crippen LogP contribution >= 0.6 is 0 Å². The maximum atomic E-state index is 12.9. The Balaban J connectivity index is 1.69. The first-order valence-corrected chi connectivity index (χ1v) is 9.12. The van der Waals surface area contributed by atoms with Crippen molar-refractivity contribution in [3.63, 3.8) is 0 Å². The Morgan fingerprint density at radius 3 is 2.62 bits per heavy atom. The first-order chi connectivity index (χ1) is 11.4. The van der Waals surface area contributed by atoms with Crippen molar-refractivity contribution >= 4 is 5.91 Å². The molecule has 0 saturated carbocycles. The topological polar surface area (TPSA) is 61.5 Å². The van der Waals surface area contributed by atoms with Gasteiger partial charge in [0.2, 0.25) is 0 Å². The van der Waals surface area contributed by atoms with Gasteiger partial charge in [0.25, 0.3) is 5.91 Å². The van der Waals surface area contributed by atoms with Crippen LogP contribution in [0, 0.1) is 0 Å². The van der Waals surface area contributed by atoms with E-state index in [-0.39, 0.29) is 18.1 Å². The molecule has 0 spiro atoms. The molecule has 3 heterocycles. The number of hydrogen-bond donors (Lipinski definition) is 1. The van der Waals surface area contributed by atoms with Crippen LogP contribution in [-0.2, 0) is 11.2 Å². The van der Waals surface area contributed by atoms with E-state index in [4.69, 9.17) is 4.74 Å². The Morgan fingerprint density at radius 2 is 2.00 bits per heavy atom. The zero-order chi connectivity index (χ0) is 17.4. The minimum absolute atomic E-state index is 0.0248. The van der Waals surface area contributed by atoms with Gasteiger partial charge in [-0.25, -0.2) is 0 Å². The second-order valence-corrected chi connectivity index (χ2v) is 7.54. The van der Waals surface area contributed by atoms with Crippen molar-refractivity contribution in [1.29, 1.82) is 0 Å². The van der Waals surface area contributed by atoms with Gasteiger partial charge >= 0.3 is 0 Å². The first-order valence-electron chi connectivity index (χ1n) is 9.12. The third-order valence-electron chi connectivity index (χ3n) is 5.58. The number of aromatic nitrogens is 2. The van der Waals surface area contributed by atoms with E-state index in [2.05, 4.69) is 36.0 Å². The second kappa shape index (κ2) is 6.84. The fourth-order valence-electron chi connectivity index (χ4n) is 3.90. The molecule has 0 aromatic carbocycles. The van der Waals surface area contributed by atoms with Gasteiger partial charge in [-0.3, -0.25) is 9.89 Å². The number of H-pyrrole nitrogens is 1. The van der Waals surface area contributed by atoms with E-state index in [0.29, 0.717) is 17.8 Å². The van der Waals surface area contributed by atoms with Crippen LogP contribution in [0.2, 0.25) is 0 Å². The average molecular weight is 334 g/mol. The van der Waals surface area contributed by atoms with E-state index in [1.54, 1.807) is 0 Å². The average Bonchev–Trinajstić information content (AvgIpc) is 2.97. The van der Waals surface area contributed by atoms with Gasteiger partial charge in [-0.2, -0.15) is 5.10 Å². The van der Waals surface area contributed by atoms with Gasteiger partial charge in [-0.1, -0.05) is 0 Å². The molecule has 2 atom stereocenters. The van der Waals surface area contributed by atoms with Crippen molar-refractivity contribution in [3.8, 4) is 0 Å². The highest BCUT2D eigenvalue weighted by atomic mass is 16.5. The number of amides is 1. The Kier molecular flexibility index (Phi) is 4.97. The Hall–Kier alpha value is -1.40. The van der Waals surface area contributed by atoms with Crippen molar-refractivity contribution < 1.29 is 9.53 Å². The number of likely N-dealkylation sites (tertiary alicyclic amines) is 1. The number of aromatic amines is 1. The number of carbonyl (C=O) groups excluding carboxylic acids is 1. The molecule has 1 N–H and O–H groups in total. The number of nitrogens with one attached hydrogen (secondary N) is 1. The zero-order valence-electron chi connectivity index (χ0n) is 15.5. The standard InChI is InChI=1S/C18H30N4O2/c1-11(2)21(5)14-6-8-22(9-7-14)18(23)17-15-10-12(3)24-13(4)16(15)19-20-17/h11-14H,6-10H2,1-5H3,(H,19,20)/t12-,13+/m0/s1. The van der Waals surface area contributed by atoms with Crippen LogP contribution in [0.15, 0.2) is 0 Å². The molecule has 1 aromatic heterocycles. The molecular formula is C18H30N4O2. The van der Waals surface area contributed by atoms with Crippen LogP contribution in [0.3, 0.4) is 0 Å². The summed E-state index contributed by atoms with van der Waals surface area (Å²) in [6.45, 7) is 10.1. The quantitative estimate of drug-likeness (QED) is 0.922. The van der Waals surface area contributed by atoms with Gasteiger partial charge in [-0.05, 0) is 47.6 Å². The van der Waals surface area contributed by atoms with E-state index in [0.717, 1.165) is 43.6 Å². The number of piperidine rings is 1. The van der Waals surface area contributed by atoms with Crippen LogP contribution in [0.25, 0.3) is 0 Å². The van der Waals surface area contributed by atoms with Crippen LogP contribution in [-0.4, -0.2) is 64.2 Å². The monoisotopic (exact) mass is 334 g/mol. The predicted octanol–water partition coefficient (Wildman–Crippen LogP) is 2.38. The molecule has 134 valence electrons. The molecule has 6 nitrogen and oxygen atoms in total. The van der Waals surface area contributed by atoms with E-state index in [9.17, 15) is 4.79 Å². The Morgan fingerprint density at radius 1 is 1.33 bits per heavy atom. The summed E-state index contributed by atoms with van der Waals surface area (Å²) in [5.41, 5.74) is 2.61. The van der Waals surface area contributed by atoms with Gasteiger partial charge in [0.15, 0.2) is 5.69 Å². The molecule has 1 aromatic rings. The summed E-state index contributed by atoms with van der Waals surface area (Å²) in [7, 11) is 2.18. The normalized spacial score (nSPS) is 25.4. The van der Waals surface area contributed by atoms with Crippen molar-refractivity contribution in [2.75, 3.05) is 20.1 Å². The summed E-state index contributed by atoms with van der Waals surface area (Å²) in [5.74, 6) is 0.0689. The summed E-state index contributed by atoms with van der Waals surface area (Å²) < 4.78 is 5.81. The van der Waals surface area contributed by atoms with E-state index in [1.165, 1.54) is 0 Å². The molecule has 2 aliphatic rings. The van der Waals surface area contributed by atoms with Gasteiger partial charge in [0.1, 0.15) is 0 Å². The van der Waals surface area contributed by atoms with Crippen molar-refractivity contribution in [1.82, 2.24) is 20.0 Å². The molecule has 0 unspecified atom stereocenters. The van der Waals surface area contributed by atoms with Crippen molar-refractivity contribution in [3.05, 3.63) is 17.0 Å². The lowest BCUT2D eigenvalue weighted by Crippen LogP contribution is -2.47. The maximum absolute atomic E-state index is 12.9. The summed E-state index contributed by atoms with van der Waals surface area (Å²) in [5, 5.41) is 7.36. The van der Waals surface area contributed by atoms with Crippen LogP contribution < -0.4 is 0 Å². The van der Waals surface area contributed by atoms with Gasteiger partial charge < -0.3 is 14.5 Å². The fraction of sp³-hybridized carbons (Fsp3) is 0.778. The highest BCUT2D eigenvalue weighted by Crippen LogP contribution is 2.31. The predicted molar refractivity (Wildman–Crippen MR) is 93.1 cm³/mol. The molecule has 24 heavy (non-hydrogen) atoms. The highest BCUT2D eigenvalue weighted by Gasteiger charge is 2.33. The van der Waals surface area contributed by atoms with E-state index in [1.807, 2.05) is 18.7 Å². The van der Waals surface area contributed by atoms with Crippen molar-refractivity contribution in [2.45, 2.75) is 71.2 Å². The van der Waals surface area contributed by atoms with Gasteiger partial charge in [-0.15, -0.1) is 0 Å². The summed E-state index contributed by atoms with van der Waals surface area (Å²) in [6.07, 6.45) is 2.92. The molecule has 0 radical (unpaired) electrons. The molecule has 1 saturated heterocycles. The molecule has 1 fully saturated rings. The number of ether oxygens (including phenoxy) is 1. The molecule has 6 heteroatoms. The second-order valence-electron chi connectivity index (χ2n) is 7.54. The van der Waals surface area contributed by atoms with Crippen LogP contribution in [0.5, 0.6) is 0 Å². The van der Waals surface area contributed by atoms with Gasteiger partial charge in [0.05, 0.1) is 17.9 Å². The maximum Gasteiger partial charge on any atom is 0.274 e. The zero-order valence-corrected chi connectivity index (χ0v) is 15.5. The fourth-order valence-corrected chi connectivity index (χ4v) is 3.90. The number of hydrogen-bond acceptors (Lipinski definition) is 4. The SMILES string of the molecule is CC(C)N(C)C1CCN(C(=O)c2n[nH]c3c2C[C@H](C)O[C@@H]3C)CC1. The van der Waals surface area contributed by atoms with Gasteiger partial charge in [0, 0.05) is 37.2 Å². The minimum Gasteiger partial charge on any atom is -0.369 e. The number of rotatable bonds is 3. The smallest absolute Gasteiger partial charge is 0.274 e. The molecule has 1 amide bonds. The number of nitrogens with zero attached hydrogens (tertiary/aromatic N) is 3. The number of carbonyl (C=O) groups is 1. The minimum atomic E-state index is -0.0248. The third-order valence-corrected chi connectivity index (χ3v) is 5.58. The van der Waals surface area contributed by atoms with Crippen LogP contribution in [0.1, 0.15) is 68.4 Å². The molecule has 0 aliphatic carbocycles. The summed E-state index contributed by atoms with van der Waals surface area (Å²) in [4.78, 5) is 17.3. The largest absolute Gasteiger partial charge is 0.369 e.